The van der Waals surface area contributed by atoms with Crippen molar-refractivity contribution in [2.45, 2.75) is 31.1 Å². The van der Waals surface area contributed by atoms with E-state index >= 15 is 0 Å². The smallest absolute Gasteiger partial charge is 0.0303 e. The lowest BCUT2D eigenvalue weighted by Crippen LogP contribution is -2.41. The standard InChI is InChI=1S/C11H19NS2/c1-3-5-10(12-6-4-2)11-9-13-7-8-14-11/h1,10-12H,4-9H2,2H3. The Morgan fingerprint density at radius 3 is 3.00 bits per heavy atom. The fourth-order valence-corrected chi connectivity index (χ4v) is 4.42. The monoisotopic (exact) mass is 229 g/mol. The SMILES string of the molecule is C#CCC(NCCC)C1CSCCS1. The van der Waals surface area contributed by atoms with Crippen LogP contribution >= 0.6 is 23.5 Å². The third-order valence-corrected chi connectivity index (χ3v) is 5.21. The molecule has 1 N–H and O–H groups in total. The lowest BCUT2D eigenvalue weighted by atomic mass is 10.1. The normalized spacial score (nSPS) is 24.1. The molecule has 2 atom stereocenters. The van der Waals surface area contributed by atoms with Gasteiger partial charge in [0.05, 0.1) is 0 Å². The van der Waals surface area contributed by atoms with Crippen LogP contribution < -0.4 is 5.32 Å². The predicted octanol–water partition coefficient (Wildman–Crippen LogP) is 2.23. The molecule has 14 heavy (non-hydrogen) atoms. The molecule has 0 aliphatic carbocycles. The predicted molar refractivity (Wildman–Crippen MR) is 69.1 cm³/mol. The number of nitrogens with one attached hydrogen (secondary N) is 1. The van der Waals surface area contributed by atoms with Gasteiger partial charge in [0.2, 0.25) is 0 Å². The highest BCUT2D eigenvalue weighted by molar-refractivity contribution is 8.06. The zero-order chi connectivity index (χ0) is 10.2. The summed E-state index contributed by atoms with van der Waals surface area (Å²) in [4.78, 5) is 0. The first-order chi connectivity index (χ1) is 6.88. The van der Waals surface area contributed by atoms with Crippen LogP contribution in [0.4, 0.5) is 0 Å². The van der Waals surface area contributed by atoms with Gasteiger partial charge in [-0.15, -0.1) is 12.3 Å². The number of hydrogen-bond acceptors (Lipinski definition) is 3. The maximum absolute atomic E-state index is 5.40. The zero-order valence-electron chi connectivity index (χ0n) is 8.79. The van der Waals surface area contributed by atoms with Gasteiger partial charge in [-0.2, -0.15) is 23.5 Å². The second kappa shape index (κ2) is 7.50. The van der Waals surface area contributed by atoms with Crippen LogP contribution in [0.25, 0.3) is 0 Å². The first-order valence-electron chi connectivity index (χ1n) is 5.24. The van der Waals surface area contributed by atoms with E-state index in [1.807, 2.05) is 0 Å². The Labute approximate surface area is 96.2 Å². The summed E-state index contributed by atoms with van der Waals surface area (Å²) in [5.74, 6) is 6.63. The summed E-state index contributed by atoms with van der Waals surface area (Å²) in [7, 11) is 0. The number of hydrogen-bond donors (Lipinski definition) is 1. The Bertz CT molecular complexity index is 182. The van der Waals surface area contributed by atoms with Crippen LogP contribution in [0.5, 0.6) is 0 Å². The summed E-state index contributed by atoms with van der Waals surface area (Å²) in [5, 5.41) is 4.28. The highest BCUT2D eigenvalue weighted by Crippen LogP contribution is 2.27. The van der Waals surface area contributed by atoms with E-state index in [0.717, 1.165) is 18.2 Å². The molecule has 1 saturated heterocycles. The number of terminal acetylenes is 1. The maximum Gasteiger partial charge on any atom is 0.0303 e. The molecule has 0 saturated carbocycles. The first-order valence-corrected chi connectivity index (χ1v) is 7.45. The second-order valence-corrected chi connectivity index (χ2v) is 5.95. The van der Waals surface area contributed by atoms with Crippen molar-refractivity contribution in [2.24, 2.45) is 0 Å². The number of rotatable bonds is 5. The first kappa shape index (κ1) is 12.3. The topological polar surface area (TPSA) is 12.0 Å². The van der Waals surface area contributed by atoms with Crippen molar-refractivity contribution < 1.29 is 0 Å². The Hall–Kier alpha value is 0.220. The number of thioether (sulfide) groups is 2. The van der Waals surface area contributed by atoms with Gasteiger partial charge in [-0.3, -0.25) is 0 Å². The minimum atomic E-state index is 0.526. The van der Waals surface area contributed by atoms with Gasteiger partial charge in [0.1, 0.15) is 0 Å². The average molecular weight is 229 g/mol. The molecule has 0 spiro atoms. The molecule has 2 unspecified atom stereocenters. The Morgan fingerprint density at radius 2 is 2.43 bits per heavy atom. The van der Waals surface area contributed by atoms with Gasteiger partial charge < -0.3 is 5.32 Å². The molecule has 0 bridgehead atoms. The summed E-state index contributed by atoms with van der Waals surface area (Å²) in [5.41, 5.74) is 0. The van der Waals surface area contributed by atoms with E-state index < -0.39 is 0 Å². The van der Waals surface area contributed by atoms with Gasteiger partial charge in [0, 0.05) is 35.0 Å². The van der Waals surface area contributed by atoms with E-state index in [1.54, 1.807) is 0 Å². The van der Waals surface area contributed by atoms with Crippen LogP contribution in [0.2, 0.25) is 0 Å². The summed E-state index contributed by atoms with van der Waals surface area (Å²) in [6.07, 6.45) is 7.46. The van der Waals surface area contributed by atoms with Crippen molar-refractivity contribution >= 4 is 23.5 Å². The average Bonchev–Trinajstić information content (AvgIpc) is 2.25. The van der Waals surface area contributed by atoms with Crippen molar-refractivity contribution in [3.63, 3.8) is 0 Å². The van der Waals surface area contributed by atoms with Crippen LogP contribution in [0, 0.1) is 12.3 Å². The lowest BCUT2D eigenvalue weighted by Gasteiger charge is -2.29. The van der Waals surface area contributed by atoms with Gasteiger partial charge in [-0.05, 0) is 13.0 Å². The Balaban J connectivity index is 2.35. The van der Waals surface area contributed by atoms with Crippen LogP contribution in [0.1, 0.15) is 19.8 Å². The highest BCUT2D eigenvalue weighted by atomic mass is 32.2. The largest absolute Gasteiger partial charge is 0.312 e. The van der Waals surface area contributed by atoms with Gasteiger partial charge in [0.15, 0.2) is 0 Å². The fourth-order valence-electron chi connectivity index (χ4n) is 1.53. The highest BCUT2D eigenvalue weighted by Gasteiger charge is 2.22. The minimum Gasteiger partial charge on any atom is -0.312 e. The summed E-state index contributed by atoms with van der Waals surface area (Å²) >= 11 is 4.14. The molecule has 0 aromatic heterocycles. The van der Waals surface area contributed by atoms with Crippen molar-refractivity contribution in [2.75, 3.05) is 23.8 Å². The minimum absolute atomic E-state index is 0.526. The summed E-state index contributed by atoms with van der Waals surface area (Å²) in [6.45, 7) is 3.29. The van der Waals surface area contributed by atoms with E-state index in [9.17, 15) is 0 Å². The third-order valence-electron chi connectivity index (χ3n) is 2.28. The molecule has 80 valence electrons. The molecular weight excluding hydrogens is 210 g/mol. The molecule has 1 nitrogen and oxygen atoms in total. The van der Waals surface area contributed by atoms with Crippen molar-refractivity contribution in [1.29, 1.82) is 0 Å². The summed E-state index contributed by atoms with van der Waals surface area (Å²) in [6, 6.07) is 0.526. The van der Waals surface area contributed by atoms with Crippen LogP contribution in [0.15, 0.2) is 0 Å². The van der Waals surface area contributed by atoms with Crippen molar-refractivity contribution in [3.05, 3.63) is 0 Å². The molecule has 0 aromatic rings. The lowest BCUT2D eigenvalue weighted by molar-refractivity contribution is 0.518. The van der Waals surface area contributed by atoms with Crippen molar-refractivity contribution in [3.8, 4) is 12.3 Å². The molecule has 1 rings (SSSR count). The third kappa shape index (κ3) is 4.16. The molecule has 1 heterocycles. The van der Waals surface area contributed by atoms with Crippen LogP contribution in [-0.2, 0) is 0 Å². The Kier molecular flexibility index (Phi) is 6.59. The Morgan fingerprint density at radius 1 is 1.57 bits per heavy atom. The molecule has 1 fully saturated rings. The van der Waals surface area contributed by atoms with E-state index in [0.29, 0.717) is 6.04 Å². The quantitative estimate of drug-likeness (QED) is 0.726. The molecule has 0 radical (unpaired) electrons. The van der Waals surface area contributed by atoms with Gasteiger partial charge in [0.25, 0.3) is 0 Å². The van der Waals surface area contributed by atoms with E-state index in [4.69, 9.17) is 6.42 Å². The van der Waals surface area contributed by atoms with Crippen LogP contribution in [-0.4, -0.2) is 35.1 Å². The molecule has 3 heteroatoms. The molecular formula is C11H19NS2. The molecule has 0 amide bonds. The van der Waals surface area contributed by atoms with E-state index in [1.165, 1.54) is 23.7 Å². The van der Waals surface area contributed by atoms with Crippen LogP contribution in [0.3, 0.4) is 0 Å². The van der Waals surface area contributed by atoms with Gasteiger partial charge in [-0.25, -0.2) is 0 Å². The molecule has 1 aliphatic rings. The molecule has 0 aromatic carbocycles. The zero-order valence-corrected chi connectivity index (χ0v) is 10.4. The fraction of sp³-hybridized carbons (Fsp3) is 0.818. The van der Waals surface area contributed by atoms with Gasteiger partial charge >= 0.3 is 0 Å². The summed E-state index contributed by atoms with van der Waals surface area (Å²) < 4.78 is 0. The second-order valence-electron chi connectivity index (χ2n) is 3.45. The van der Waals surface area contributed by atoms with Crippen molar-refractivity contribution in [1.82, 2.24) is 5.32 Å². The van der Waals surface area contributed by atoms with E-state index in [-0.39, 0.29) is 0 Å². The maximum atomic E-state index is 5.40. The van der Waals surface area contributed by atoms with Gasteiger partial charge in [-0.1, -0.05) is 6.92 Å². The van der Waals surface area contributed by atoms with E-state index in [2.05, 4.69) is 41.7 Å². The molecule has 1 aliphatic heterocycles.